The van der Waals surface area contributed by atoms with Crippen molar-refractivity contribution >= 4 is 11.3 Å². The summed E-state index contributed by atoms with van der Waals surface area (Å²) < 4.78 is 7.33. The lowest BCUT2D eigenvalue weighted by molar-refractivity contribution is 0.182. The summed E-state index contributed by atoms with van der Waals surface area (Å²) in [5.41, 5.74) is 0. The zero-order chi connectivity index (χ0) is 9.26. The number of aryl methyl sites for hydroxylation is 1. The van der Waals surface area contributed by atoms with Crippen LogP contribution in [0.2, 0.25) is 0 Å². The maximum absolute atomic E-state index is 7.70. The molecule has 4 heteroatoms. The SMILES string of the molecule is Cc1cn(CC2CCOC2)c(=N)s1. The highest BCUT2D eigenvalue weighted by atomic mass is 32.1. The van der Waals surface area contributed by atoms with E-state index in [-0.39, 0.29) is 0 Å². The Labute approximate surface area is 81.5 Å². The first-order valence-electron chi connectivity index (χ1n) is 4.55. The fraction of sp³-hybridized carbons (Fsp3) is 0.667. The van der Waals surface area contributed by atoms with Crippen molar-refractivity contribution in [1.29, 1.82) is 5.41 Å². The Morgan fingerprint density at radius 2 is 2.62 bits per heavy atom. The Morgan fingerprint density at radius 1 is 1.77 bits per heavy atom. The van der Waals surface area contributed by atoms with Gasteiger partial charge < -0.3 is 9.30 Å². The molecule has 1 unspecified atom stereocenters. The lowest BCUT2D eigenvalue weighted by atomic mass is 10.1. The van der Waals surface area contributed by atoms with Gasteiger partial charge in [-0.2, -0.15) is 0 Å². The third kappa shape index (κ3) is 2.00. The summed E-state index contributed by atoms with van der Waals surface area (Å²) in [5.74, 6) is 0.614. The Kier molecular flexibility index (Phi) is 2.51. The smallest absolute Gasteiger partial charge is 0.182 e. The van der Waals surface area contributed by atoms with E-state index in [4.69, 9.17) is 10.1 Å². The van der Waals surface area contributed by atoms with Gasteiger partial charge in [-0.25, -0.2) is 0 Å². The standard InChI is InChI=1S/C9H14N2OS/c1-7-4-11(9(10)13-7)5-8-2-3-12-6-8/h4,8,10H,2-3,5-6H2,1H3. The van der Waals surface area contributed by atoms with Gasteiger partial charge in [-0.05, 0) is 13.3 Å². The van der Waals surface area contributed by atoms with E-state index >= 15 is 0 Å². The summed E-state index contributed by atoms with van der Waals surface area (Å²) >= 11 is 1.54. The van der Waals surface area contributed by atoms with Crippen LogP contribution in [-0.2, 0) is 11.3 Å². The van der Waals surface area contributed by atoms with Gasteiger partial charge in [0.05, 0.1) is 6.61 Å². The topological polar surface area (TPSA) is 38.0 Å². The predicted octanol–water partition coefficient (Wildman–Crippen LogP) is 1.37. The highest BCUT2D eigenvalue weighted by molar-refractivity contribution is 7.09. The van der Waals surface area contributed by atoms with Gasteiger partial charge in [-0.3, -0.25) is 5.41 Å². The lowest BCUT2D eigenvalue weighted by Crippen LogP contribution is -2.18. The largest absolute Gasteiger partial charge is 0.381 e. The third-order valence-electron chi connectivity index (χ3n) is 2.34. The normalized spacial score (nSPS) is 22.4. The van der Waals surface area contributed by atoms with Crippen LogP contribution in [0.1, 0.15) is 11.3 Å². The number of rotatable bonds is 2. The van der Waals surface area contributed by atoms with Gasteiger partial charge in [-0.15, -0.1) is 11.3 Å². The maximum Gasteiger partial charge on any atom is 0.182 e. The average Bonchev–Trinajstić information content (AvgIpc) is 2.63. The molecule has 0 radical (unpaired) electrons. The molecule has 0 aliphatic carbocycles. The predicted molar refractivity (Wildman–Crippen MR) is 51.8 cm³/mol. The van der Waals surface area contributed by atoms with Crippen molar-refractivity contribution in [3.05, 3.63) is 15.9 Å². The van der Waals surface area contributed by atoms with Crippen LogP contribution in [0.25, 0.3) is 0 Å². The fourth-order valence-electron chi connectivity index (χ4n) is 1.66. The first-order chi connectivity index (χ1) is 6.25. The van der Waals surface area contributed by atoms with Crippen molar-refractivity contribution in [2.75, 3.05) is 13.2 Å². The molecule has 13 heavy (non-hydrogen) atoms. The van der Waals surface area contributed by atoms with Gasteiger partial charge in [0.2, 0.25) is 0 Å². The second-order valence-corrected chi connectivity index (χ2v) is 4.76. The number of aromatic nitrogens is 1. The van der Waals surface area contributed by atoms with E-state index in [1.54, 1.807) is 11.3 Å². The molecule has 3 nitrogen and oxygen atoms in total. The van der Waals surface area contributed by atoms with Crippen molar-refractivity contribution in [1.82, 2.24) is 4.57 Å². The first kappa shape index (κ1) is 8.97. The van der Waals surface area contributed by atoms with E-state index in [9.17, 15) is 0 Å². The van der Waals surface area contributed by atoms with Crippen LogP contribution in [0.4, 0.5) is 0 Å². The molecular formula is C9H14N2OS. The summed E-state index contributed by atoms with van der Waals surface area (Å²) in [6, 6.07) is 0. The molecule has 1 aliphatic heterocycles. The number of nitrogens with one attached hydrogen (secondary N) is 1. The van der Waals surface area contributed by atoms with E-state index in [2.05, 4.69) is 6.20 Å². The molecule has 0 bridgehead atoms. The van der Waals surface area contributed by atoms with E-state index < -0.39 is 0 Å². The Bertz CT molecular complexity index is 336. The van der Waals surface area contributed by atoms with Crippen LogP contribution in [0.5, 0.6) is 0 Å². The van der Waals surface area contributed by atoms with Gasteiger partial charge in [-0.1, -0.05) is 0 Å². The summed E-state index contributed by atoms with van der Waals surface area (Å²) in [6.07, 6.45) is 3.20. The molecular weight excluding hydrogens is 184 g/mol. The molecule has 2 heterocycles. The van der Waals surface area contributed by atoms with Crippen molar-refractivity contribution in [2.45, 2.75) is 19.9 Å². The van der Waals surface area contributed by atoms with Crippen LogP contribution in [0.3, 0.4) is 0 Å². The van der Waals surface area contributed by atoms with Crippen LogP contribution < -0.4 is 4.80 Å². The minimum Gasteiger partial charge on any atom is -0.381 e. The minimum absolute atomic E-state index is 0.614. The number of hydrogen-bond acceptors (Lipinski definition) is 3. The van der Waals surface area contributed by atoms with Crippen LogP contribution in [0, 0.1) is 18.3 Å². The monoisotopic (exact) mass is 198 g/mol. The second-order valence-electron chi connectivity index (χ2n) is 3.53. The summed E-state index contributed by atoms with van der Waals surface area (Å²) in [4.78, 5) is 1.87. The average molecular weight is 198 g/mol. The van der Waals surface area contributed by atoms with Gasteiger partial charge in [0.1, 0.15) is 0 Å². The van der Waals surface area contributed by atoms with E-state index in [1.165, 1.54) is 4.88 Å². The Morgan fingerprint density at radius 3 is 3.15 bits per heavy atom. The first-order valence-corrected chi connectivity index (χ1v) is 5.36. The van der Waals surface area contributed by atoms with Crippen molar-refractivity contribution < 1.29 is 4.74 Å². The molecule has 0 aromatic carbocycles. The zero-order valence-electron chi connectivity index (χ0n) is 7.75. The zero-order valence-corrected chi connectivity index (χ0v) is 8.56. The molecule has 1 saturated heterocycles. The number of ether oxygens (including phenoxy) is 1. The number of nitrogens with zero attached hydrogens (tertiary/aromatic N) is 1. The van der Waals surface area contributed by atoms with E-state index in [0.29, 0.717) is 10.7 Å². The quantitative estimate of drug-likeness (QED) is 0.766. The van der Waals surface area contributed by atoms with E-state index in [0.717, 1.165) is 26.2 Å². The van der Waals surface area contributed by atoms with E-state index in [1.807, 2.05) is 11.5 Å². The molecule has 1 atom stereocenters. The molecule has 1 aliphatic rings. The number of hydrogen-bond donors (Lipinski definition) is 1. The van der Waals surface area contributed by atoms with Crippen LogP contribution in [-0.4, -0.2) is 17.8 Å². The van der Waals surface area contributed by atoms with Gasteiger partial charge in [0.25, 0.3) is 0 Å². The molecule has 2 rings (SSSR count). The lowest BCUT2D eigenvalue weighted by Gasteiger charge is -2.07. The Hall–Kier alpha value is -0.610. The molecule has 0 amide bonds. The second kappa shape index (κ2) is 3.64. The van der Waals surface area contributed by atoms with Crippen LogP contribution in [0.15, 0.2) is 6.20 Å². The molecule has 0 saturated carbocycles. The highest BCUT2D eigenvalue weighted by Gasteiger charge is 2.16. The third-order valence-corrected chi connectivity index (χ3v) is 3.19. The molecule has 1 aromatic rings. The molecule has 1 fully saturated rings. The van der Waals surface area contributed by atoms with Crippen molar-refractivity contribution in [3.63, 3.8) is 0 Å². The van der Waals surface area contributed by atoms with Gasteiger partial charge >= 0.3 is 0 Å². The Balaban J connectivity index is 2.08. The number of thiazole rings is 1. The minimum atomic E-state index is 0.614. The highest BCUT2D eigenvalue weighted by Crippen LogP contribution is 2.14. The summed E-state index contributed by atoms with van der Waals surface area (Å²) in [6.45, 7) is 4.75. The van der Waals surface area contributed by atoms with Gasteiger partial charge in [0, 0.05) is 30.1 Å². The van der Waals surface area contributed by atoms with Gasteiger partial charge in [0.15, 0.2) is 4.80 Å². The summed E-state index contributed by atoms with van der Waals surface area (Å²) in [7, 11) is 0. The summed E-state index contributed by atoms with van der Waals surface area (Å²) in [5, 5.41) is 7.70. The molecule has 0 spiro atoms. The fourth-order valence-corrected chi connectivity index (χ4v) is 2.39. The molecule has 1 aromatic heterocycles. The van der Waals surface area contributed by atoms with Crippen molar-refractivity contribution in [2.24, 2.45) is 5.92 Å². The maximum atomic E-state index is 7.70. The molecule has 72 valence electrons. The molecule has 1 N–H and O–H groups in total. The van der Waals surface area contributed by atoms with Crippen molar-refractivity contribution in [3.8, 4) is 0 Å². The van der Waals surface area contributed by atoms with Crippen LogP contribution >= 0.6 is 11.3 Å².